The maximum atomic E-state index is 11.4. The number of rotatable bonds is 8. The van der Waals surface area contributed by atoms with E-state index < -0.39 is 18.1 Å². The van der Waals surface area contributed by atoms with Crippen LogP contribution in [0.4, 0.5) is 0 Å². The molecular weight excluding hydrogens is 208 g/mol. The second-order valence-corrected chi connectivity index (χ2v) is 4.05. The lowest BCUT2D eigenvalue weighted by molar-refractivity contribution is -0.142. The van der Waals surface area contributed by atoms with Gasteiger partial charge in [0.05, 0.1) is 0 Å². The van der Waals surface area contributed by atoms with Crippen LogP contribution in [-0.4, -0.2) is 29.1 Å². The normalized spacial score (nSPS) is 14.2. The van der Waals surface area contributed by atoms with Crippen LogP contribution in [0.25, 0.3) is 0 Å². The lowest BCUT2D eigenvalue weighted by Gasteiger charge is -2.17. The first-order chi connectivity index (χ1) is 7.49. The molecule has 0 radical (unpaired) electrons. The molecule has 16 heavy (non-hydrogen) atoms. The molecule has 0 aromatic heterocycles. The molecule has 0 saturated carbocycles. The minimum atomic E-state index is -1.09. The lowest BCUT2D eigenvalue weighted by atomic mass is 10.1. The average molecular weight is 230 g/mol. The second kappa shape index (κ2) is 8.10. The fraction of sp³-hybridized carbons (Fsp3) is 0.818. The molecular formula is C11H22N2O3. The summed E-state index contributed by atoms with van der Waals surface area (Å²) in [6.45, 7) is 3.66. The Balaban J connectivity index is 3.87. The van der Waals surface area contributed by atoms with Crippen molar-refractivity contribution in [2.24, 2.45) is 5.73 Å². The zero-order chi connectivity index (χ0) is 12.6. The SMILES string of the molecule is CCCCCCC(=O)N[C@@H](C(=O)O)[C@H](C)N. The zero-order valence-corrected chi connectivity index (χ0v) is 10.0. The van der Waals surface area contributed by atoms with Crippen LogP contribution in [0.1, 0.15) is 46.0 Å². The van der Waals surface area contributed by atoms with Gasteiger partial charge in [0.25, 0.3) is 0 Å². The van der Waals surface area contributed by atoms with E-state index in [1.54, 1.807) is 6.92 Å². The van der Waals surface area contributed by atoms with Crippen LogP contribution in [0.2, 0.25) is 0 Å². The van der Waals surface area contributed by atoms with Gasteiger partial charge in [-0.05, 0) is 13.3 Å². The predicted molar refractivity (Wildman–Crippen MR) is 62.0 cm³/mol. The summed E-state index contributed by atoms with van der Waals surface area (Å²) in [5.41, 5.74) is 5.47. The Morgan fingerprint density at radius 1 is 1.31 bits per heavy atom. The van der Waals surface area contributed by atoms with Gasteiger partial charge in [0.1, 0.15) is 6.04 Å². The molecule has 5 heteroatoms. The highest BCUT2D eigenvalue weighted by molar-refractivity contribution is 5.83. The number of carbonyl (C=O) groups is 2. The Morgan fingerprint density at radius 2 is 1.94 bits per heavy atom. The van der Waals surface area contributed by atoms with Crippen LogP contribution >= 0.6 is 0 Å². The number of hydrogen-bond acceptors (Lipinski definition) is 3. The van der Waals surface area contributed by atoms with Crippen LogP contribution in [0.15, 0.2) is 0 Å². The largest absolute Gasteiger partial charge is 0.480 e. The van der Waals surface area contributed by atoms with Crippen LogP contribution < -0.4 is 11.1 Å². The minimum Gasteiger partial charge on any atom is -0.480 e. The van der Waals surface area contributed by atoms with Crippen LogP contribution in [-0.2, 0) is 9.59 Å². The van der Waals surface area contributed by atoms with E-state index in [1.807, 2.05) is 0 Å². The van der Waals surface area contributed by atoms with Gasteiger partial charge >= 0.3 is 5.97 Å². The third-order valence-electron chi connectivity index (χ3n) is 2.37. The van der Waals surface area contributed by atoms with Crippen molar-refractivity contribution in [1.82, 2.24) is 5.32 Å². The summed E-state index contributed by atoms with van der Waals surface area (Å²) < 4.78 is 0. The quantitative estimate of drug-likeness (QED) is 0.539. The van der Waals surface area contributed by atoms with E-state index in [0.717, 1.165) is 25.7 Å². The van der Waals surface area contributed by atoms with E-state index in [0.29, 0.717) is 6.42 Å². The van der Waals surface area contributed by atoms with Gasteiger partial charge in [-0.15, -0.1) is 0 Å². The number of carbonyl (C=O) groups excluding carboxylic acids is 1. The van der Waals surface area contributed by atoms with Crippen LogP contribution in [0, 0.1) is 0 Å². The summed E-state index contributed by atoms with van der Waals surface area (Å²) >= 11 is 0. The maximum absolute atomic E-state index is 11.4. The molecule has 0 aliphatic carbocycles. The standard InChI is InChI=1S/C11H22N2O3/c1-3-4-5-6-7-9(14)13-10(8(2)12)11(15)16/h8,10H,3-7,12H2,1-2H3,(H,13,14)(H,15,16)/t8-,10+/m0/s1. The Bertz CT molecular complexity index is 229. The molecule has 0 rings (SSSR count). The van der Waals surface area contributed by atoms with Crippen molar-refractivity contribution >= 4 is 11.9 Å². The molecule has 94 valence electrons. The number of amides is 1. The van der Waals surface area contributed by atoms with E-state index in [4.69, 9.17) is 10.8 Å². The predicted octanol–water partition coefficient (Wildman–Crippen LogP) is 0.873. The summed E-state index contributed by atoms with van der Waals surface area (Å²) in [5.74, 6) is -1.32. The first-order valence-electron chi connectivity index (χ1n) is 5.76. The molecule has 0 heterocycles. The number of carboxylic acid groups (broad SMARTS) is 1. The van der Waals surface area contributed by atoms with Gasteiger partial charge in [-0.3, -0.25) is 4.79 Å². The molecule has 0 aliphatic rings. The molecule has 2 atom stereocenters. The van der Waals surface area contributed by atoms with Gasteiger partial charge in [-0.1, -0.05) is 26.2 Å². The van der Waals surface area contributed by atoms with E-state index in [9.17, 15) is 9.59 Å². The van der Waals surface area contributed by atoms with Crippen LogP contribution in [0.3, 0.4) is 0 Å². The summed E-state index contributed by atoms with van der Waals surface area (Å²) in [7, 11) is 0. The van der Waals surface area contributed by atoms with Crippen molar-refractivity contribution < 1.29 is 14.7 Å². The van der Waals surface area contributed by atoms with Gasteiger partial charge in [0.2, 0.25) is 5.91 Å². The Labute approximate surface area is 96.4 Å². The zero-order valence-electron chi connectivity index (χ0n) is 10.0. The van der Waals surface area contributed by atoms with Gasteiger partial charge in [-0.25, -0.2) is 4.79 Å². The number of aliphatic carboxylic acids is 1. The minimum absolute atomic E-state index is 0.235. The van der Waals surface area contributed by atoms with E-state index in [-0.39, 0.29) is 5.91 Å². The Hall–Kier alpha value is -1.10. The van der Waals surface area contributed by atoms with Crippen molar-refractivity contribution in [3.63, 3.8) is 0 Å². The third kappa shape index (κ3) is 6.40. The average Bonchev–Trinajstić information content (AvgIpc) is 2.20. The first kappa shape index (κ1) is 14.9. The number of carboxylic acids is 1. The summed E-state index contributed by atoms with van der Waals surface area (Å²) in [6, 6.07) is -1.57. The number of unbranched alkanes of at least 4 members (excludes halogenated alkanes) is 3. The fourth-order valence-electron chi connectivity index (χ4n) is 1.38. The van der Waals surface area contributed by atoms with Gasteiger partial charge in [-0.2, -0.15) is 0 Å². The smallest absolute Gasteiger partial charge is 0.327 e. The number of nitrogens with one attached hydrogen (secondary N) is 1. The highest BCUT2D eigenvalue weighted by Gasteiger charge is 2.23. The van der Waals surface area contributed by atoms with Gasteiger partial charge < -0.3 is 16.2 Å². The molecule has 0 fully saturated rings. The number of nitrogens with two attached hydrogens (primary N) is 1. The van der Waals surface area contributed by atoms with Crippen molar-refractivity contribution in [3.05, 3.63) is 0 Å². The van der Waals surface area contributed by atoms with Gasteiger partial charge in [0, 0.05) is 12.5 Å². The monoisotopic (exact) mass is 230 g/mol. The van der Waals surface area contributed by atoms with Crippen molar-refractivity contribution in [1.29, 1.82) is 0 Å². The molecule has 1 amide bonds. The van der Waals surface area contributed by atoms with E-state index in [2.05, 4.69) is 12.2 Å². The third-order valence-corrected chi connectivity index (χ3v) is 2.37. The summed E-state index contributed by atoms with van der Waals surface area (Å²) in [6.07, 6.45) is 4.38. The second-order valence-electron chi connectivity index (χ2n) is 4.05. The molecule has 0 aromatic carbocycles. The summed E-state index contributed by atoms with van der Waals surface area (Å²) in [4.78, 5) is 22.2. The van der Waals surface area contributed by atoms with Gasteiger partial charge in [0.15, 0.2) is 0 Å². The Kier molecular flexibility index (Phi) is 7.54. The van der Waals surface area contributed by atoms with E-state index >= 15 is 0 Å². The van der Waals surface area contributed by atoms with Crippen molar-refractivity contribution in [3.8, 4) is 0 Å². The van der Waals surface area contributed by atoms with Crippen molar-refractivity contribution in [2.45, 2.75) is 58.0 Å². The molecule has 0 spiro atoms. The molecule has 0 aliphatic heterocycles. The highest BCUT2D eigenvalue weighted by atomic mass is 16.4. The molecule has 4 N–H and O–H groups in total. The Morgan fingerprint density at radius 3 is 2.38 bits per heavy atom. The highest BCUT2D eigenvalue weighted by Crippen LogP contribution is 2.02. The topological polar surface area (TPSA) is 92.4 Å². The molecule has 5 nitrogen and oxygen atoms in total. The van der Waals surface area contributed by atoms with Crippen molar-refractivity contribution in [2.75, 3.05) is 0 Å². The maximum Gasteiger partial charge on any atom is 0.327 e. The van der Waals surface area contributed by atoms with Crippen LogP contribution in [0.5, 0.6) is 0 Å². The lowest BCUT2D eigenvalue weighted by Crippen LogP contribution is -2.51. The first-order valence-corrected chi connectivity index (χ1v) is 5.76. The molecule has 0 aromatic rings. The molecule has 0 saturated heterocycles. The summed E-state index contributed by atoms with van der Waals surface area (Å²) in [5, 5.41) is 11.2. The fourth-order valence-corrected chi connectivity index (χ4v) is 1.38. The molecule has 0 unspecified atom stereocenters. The van der Waals surface area contributed by atoms with E-state index in [1.165, 1.54) is 0 Å². The molecule has 0 bridgehead atoms. The number of hydrogen-bond donors (Lipinski definition) is 3.